The molecule has 0 spiro atoms. The Hall–Kier alpha value is -0.910. The molecule has 102 valence electrons. The molecule has 0 heterocycles. The fourth-order valence-corrected chi connectivity index (χ4v) is 2.41. The van der Waals surface area contributed by atoms with Crippen LogP contribution in [0.3, 0.4) is 0 Å². The summed E-state index contributed by atoms with van der Waals surface area (Å²) in [6.45, 7) is 6.08. The zero-order chi connectivity index (χ0) is 13.8. The maximum absolute atomic E-state index is 11.6. The Bertz CT molecular complexity index is 466. The molecule has 2 N–H and O–H groups in total. The fourth-order valence-electron chi connectivity index (χ4n) is 1.53. The molecule has 0 aliphatic heterocycles. The molecule has 1 aromatic rings. The van der Waals surface area contributed by atoms with E-state index in [1.807, 2.05) is 13.8 Å². The van der Waals surface area contributed by atoms with Gasteiger partial charge < -0.3 is 10.4 Å². The first-order valence-electron chi connectivity index (χ1n) is 6.11. The summed E-state index contributed by atoms with van der Waals surface area (Å²) in [6, 6.07) is 6.73. The zero-order valence-electron chi connectivity index (χ0n) is 11.1. The van der Waals surface area contributed by atoms with E-state index in [4.69, 9.17) is 0 Å². The minimum Gasteiger partial charge on any atom is -0.387 e. The first-order valence-corrected chi connectivity index (χ1v) is 7.76. The molecule has 0 saturated carbocycles. The van der Waals surface area contributed by atoms with Crippen LogP contribution in [-0.2, 0) is 9.84 Å². The average molecular weight is 271 g/mol. The van der Waals surface area contributed by atoms with Gasteiger partial charge in [0.15, 0.2) is 9.84 Å². The van der Waals surface area contributed by atoms with Gasteiger partial charge in [0.1, 0.15) is 0 Å². The van der Waals surface area contributed by atoms with Gasteiger partial charge in [-0.3, -0.25) is 0 Å². The number of aliphatic hydroxyl groups excluding tert-OH is 1. The van der Waals surface area contributed by atoms with Crippen LogP contribution in [0.5, 0.6) is 0 Å². The van der Waals surface area contributed by atoms with Crippen molar-refractivity contribution < 1.29 is 13.5 Å². The van der Waals surface area contributed by atoms with Gasteiger partial charge in [-0.1, -0.05) is 32.9 Å². The van der Waals surface area contributed by atoms with Crippen molar-refractivity contribution in [3.63, 3.8) is 0 Å². The van der Waals surface area contributed by atoms with Crippen molar-refractivity contribution in [2.45, 2.75) is 37.8 Å². The van der Waals surface area contributed by atoms with Crippen LogP contribution in [0.1, 0.15) is 32.4 Å². The van der Waals surface area contributed by atoms with E-state index in [0.29, 0.717) is 17.5 Å². The lowest BCUT2D eigenvalue weighted by molar-refractivity contribution is 0.171. The number of sulfone groups is 1. The summed E-state index contributed by atoms with van der Waals surface area (Å²) >= 11 is 0. The Labute approximate surface area is 109 Å². The van der Waals surface area contributed by atoms with Gasteiger partial charge in [0.25, 0.3) is 0 Å². The number of benzene rings is 1. The molecule has 0 radical (unpaired) electrons. The summed E-state index contributed by atoms with van der Waals surface area (Å²) in [5.74, 6) is 0.0871. The normalized spacial score (nSPS) is 13.8. The summed E-state index contributed by atoms with van der Waals surface area (Å²) < 4.78 is 23.2. The molecular weight excluding hydrogens is 250 g/mol. The predicted octanol–water partition coefficient (Wildman–Crippen LogP) is 1.51. The van der Waals surface area contributed by atoms with E-state index in [0.717, 1.165) is 5.56 Å². The second-order valence-electron chi connectivity index (χ2n) is 4.55. The van der Waals surface area contributed by atoms with Crippen molar-refractivity contribution >= 4 is 9.84 Å². The summed E-state index contributed by atoms with van der Waals surface area (Å²) in [7, 11) is -3.16. The molecular formula is C13H21NO3S. The molecule has 4 nitrogen and oxygen atoms in total. The molecule has 1 unspecified atom stereocenters. The summed E-state index contributed by atoms with van der Waals surface area (Å²) in [5.41, 5.74) is 0.721. The van der Waals surface area contributed by atoms with Crippen molar-refractivity contribution in [1.29, 1.82) is 0 Å². The molecule has 0 saturated heterocycles. The van der Waals surface area contributed by atoms with Gasteiger partial charge in [0.05, 0.1) is 16.8 Å². The van der Waals surface area contributed by atoms with E-state index in [1.165, 1.54) is 0 Å². The quantitative estimate of drug-likeness (QED) is 0.823. The van der Waals surface area contributed by atoms with Gasteiger partial charge in [-0.05, 0) is 17.7 Å². The molecule has 0 aliphatic carbocycles. The number of hydrogen-bond acceptors (Lipinski definition) is 4. The molecule has 18 heavy (non-hydrogen) atoms. The molecule has 0 bridgehead atoms. The third-order valence-corrected chi connectivity index (χ3v) is 4.47. The Morgan fingerprint density at radius 3 is 2.22 bits per heavy atom. The number of nitrogens with one attached hydrogen (secondary N) is 1. The lowest BCUT2D eigenvalue weighted by atomic mass is 10.1. The number of hydrogen-bond donors (Lipinski definition) is 2. The largest absolute Gasteiger partial charge is 0.387 e. The minimum absolute atomic E-state index is 0.0871. The molecule has 0 aromatic heterocycles. The highest BCUT2D eigenvalue weighted by molar-refractivity contribution is 7.91. The average Bonchev–Trinajstić information content (AvgIpc) is 2.36. The SMILES string of the molecule is CCS(=O)(=O)c1ccc(C(O)CNC(C)C)cc1. The number of rotatable bonds is 6. The van der Waals surface area contributed by atoms with E-state index in [1.54, 1.807) is 31.2 Å². The highest BCUT2D eigenvalue weighted by Crippen LogP contribution is 2.17. The molecule has 0 aliphatic rings. The smallest absolute Gasteiger partial charge is 0.178 e. The fraction of sp³-hybridized carbons (Fsp3) is 0.538. The third-order valence-electron chi connectivity index (χ3n) is 2.72. The van der Waals surface area contributed by atoms with Gasteiger partial charge in [0, 0.05) is 12.6 Å². The molecule has 5 heteroatoms. The molecule has 1 rings (SSSR count). The molecule has 1 aromatic carbocycles. The van der Waals surface area contributed by atoms with Crippen molar-refractivity contribution in [2.24, 2.45) is 0 Å². The van der Waals surface area contributed by atoms with Crippen molar-refractivity contribution in [2.75, 3.05) is 12.3 Å². The van der Waals surface area contributed by atoms with Crippen LogP contribution in [0.25, 0.3) is 0 Å². The first-order chi connectivity index (χ1) is 8.36. The van der Waals surface area contributed by atoms with Crippen LogP contribution in [0.15, 0.2) is 29.2 Å². The van der Waals surface area contributed by atoms with Crippen molar-refractivity contribution in [3.05, 3.63) is 29.8 Å². The second kappa shape index (κ2) is 6.31. The van der Waals surface area contributed by atoms with Crippen LogP contribution in [0, 0.1) is 0 Å². The first kappa shape index (κ1) is 15.1. The highest BCUT2D eigenvalue weighted by atomic mass is 32.2. The lowest BCUT2D eigenvalue weighted by Crippen LogP contribution is -2.27. The van der Waals surface area contributed by atoms with Crippen molar-refractivity contribution in [1.82, 2.24) is 5.32 Å². The second-order valence-corrected chi connectivity index (χ2v) is 6.83. The summed E-state index contributed by atoms with van der Waals surface area (Å²) in [6.07, 6.45) is -0.620. The van der Waals surface area contributed by atoms with E-state index in [-0.39, 0.29) is 5.75 Å². The highest BCUT2D eigenvalue weighted by Gasteiger charge is 2.13. The third kappa shape index (κ3) is 4.08. The van der Waals surface area contributed by atoms with Crippen LogP contribution >= 0.6 is 0 Å². The van der Waals surface area contributed by atoms with Gasteiger partial charge >= 0.3 is 0 Å². The van der Waals surface area contributed by atoms with Gasteiger partial charge in [-0.15, -0.1) is 0 Å². The van der Waals surface area contributed by atoms with Crippen LogP contribution in [0.4, 0.5) is 0 Å². The van der Waals surface area contributed by atoms with E-state index in [9.17, 15) is 13.5 Å². The van der Waals surface area contributed by atoms with E-state index >= 15 is 0 Å². The summed E-state index contributed by atoms with van der Waals surface area (Å²) in [4.78, 5) is 0.303. The zero-order valence-corrected chi connectivity index (χ0v) is 11.9. The van der Waals surface area contributed by atoms with Gasteiger partial charge in [0.2, 0.25) is 0 Å². The van der Waals surface area contributed by atoms with Crippen LogP contribution in [0.2, 0.25) is 0 Å². The standard InChI is InChI=1S/C13H21NO3S/c1-4-18(16,17)12-7-5-11(6-8-12)13(15)9-14-10(2)3/h5-8,10,13-15H,4,9H2,1-3H3. The Morgan fingerprint density at radius 2 is 1.78 bits per heavy atom. The topological polar surface area (TPSA) is 66.4 Å². The van der Waals surface area contributed by atoms with E-state index < -0.39 is 15.9 Å². The Morgan fingerprint density at radius 1 is 1.22 bits per heavy atom. The summed E-state index contributed by atoms with van der Waals surface area (Å²) in [5, 5.41) is 13.0. The van der Waals surface area contributed by atoms with Crippen LogP contribution < -0.4 is 5.32 Å². The maximum atomic E-state index is 11.6. The number of aliphatic hydroxyl groups is 1. The Kier molecular flexibility index (Phi) is 5.31. The van der Waals surface area contributed by atoms with Crippen molar-refractivity contribution in [3.8, 4) is 0 Å². The molecule has 0 amide bonds. The van der Waals surface area contributed by atoms with Gasteiger partial charge in [-0.2, -0.15) is 0 Å². The molecule has 0 fully saturated rings. The lowest BCUT2D eigenvalue weighted by Gasteiger charge is -2.14. The van der Waals surface area contributed by atoms with E-state index in [2.05, 4.69) is 5.32 Å². The Balaban J connectivity index is 2.77. The maximum Gasteiger partial charge on any atom is 0.178 e. The van der Waals surface area contributed by atoms with Crippen LogP contribution in [-0.4, -0.2) is 31.9 Å². The predicted molar refractivity (Wildman–Crippen MR) is 72.3 cm³/mol. The monoisotopic (exact) mass is 271 g/mol. The van der Waals surface area contributed by atoms with Gasteiger partial charge in [-0.25, -0.2) is 8.42 Å². The molecule has 1 atom stereocenters. The minimum atomic E-state index is -3.16.